The zero-order chi connectivity index (χ0) is 21.0. The number of carbonyl (C=O) groups is 2. The van der Waals surface area contributed by atoms with Crippen LogP contribution in [0.1, 0.15) is 27.9 Å². The predicted molar refractivity (Wildman–Crippen MR) is 113 cm³/mol. The number of pyridine rings is 1. The minimum atomic E-state index is -0.428. The van der Waals surface area contributed by atoms with Crippen molar-refractivity contribution in [3.63, 3.8) is 0 Å². The number of amides is 2. The standard InChI is InChI=1S/C23H25N3O3/c1-14-9-15(2)11-18(10-14)29-13-23(28)26-25-22(27)12-20-16(3)19-7-5-6-8-21(19)24-17(20)4/h5-11H,12-13H2,1-4H3,(H,25,27)(H,26,28). The molecule has 0 unspecified atom stereocenters. The Morgan fingerprint density at radius 3 is 2.31 bits per heavy atom. The van der Waals surface area contributed by atoms with Crippen LogP contribution in [0.4, 0.5) is 0 Å². The van der Waals surface area contributed by atoms with Crippen molar-refractivity contribution in [1.82, 2.24) is 15.8 Å². The highest BCUT2D eigenvalue weighted by Crippen LogP contribution is 2.22. The number of hydrogen-bond acceptors (Lipinski definition) is 4. The summed E-state index contributed by atoms with van der Waals surface area (Å²) in [5, 5.41) is 1.02. The number of fused-ring (bicyclic) bond motifs is 1. The topological polar surface area (TPSA) is 80.3 Å². The molecule has 6 heteroatoms. The summed E-state index contributed by atoms with van der Waals surface area (Å²) in [5.74, 6) is -0.118. The van der Waals surface area contributed by atoms with Gasteiger partial charge in [-0.1, -0.05) is 24.3 Å². The minimum Gasteiger partial charge on any atom is -0.484 e. The lowest BCUT2D eigenvalue weighted by Crippen LogP contribution is -2.44. The number of rotatable bonds is 5. The highest BCUT2D eigenvalue weighted by molar-refractivity contribution is 5.87. The number of hydrogen-bond donors (Lipinski definition) is 2. The molecule has 0 bridgehead atoms. The molecule has 0 atom stereocenters. The highest BCUT2D eigenvalue weighted by Gasteiger charge is 2.13. The molecule has 0 aliphatic carbocycles. The Morgan fingerprint density at radius 2 is 1.59 bits per heavy atom. The lowest BCUT2D eigenvalue weighted by atomic mass is 9.99. The smallest absolute Gasteiger partial charge is 0.276 e. The van der Waals surface area contributed by atoms with Crippen molar-refractivity contribution in [1.29, 1.82) is 0 Å². The van der Waals surface area contributed by atoms with E-state index in [-0.39, 0.29) is 18.9 Å². The number of benzene rings is 2. The Kier molecular flexibility index (Phi) is 6.12. The molecule has 2 amide bonds. The van der Waals surface area contributed by atoms with E-state index >= 15 is 0 Å². The van der Waals surface area contributed by atoms with Crippen LogP contribution in [0, 0.1) is 27.7 Å². The zero-order valence-corrected chi connectivity index (χ0v) is 17.1. The summed E-state index contributed by atoms with van der Waals surface area (Å²) < 4.78 is 5.49. The van der Waals surface area contributed by atoms with Crippen LogP contribution >= 0.6 is 0 Å². The summed E-state index contributed by atoms with van der Waals surface area (Å²) in [6, 6.07) is 13.6. The van der Waals surface area contributed by atoms with Crippen molar-refractivity contribution in [2.75, 3.05) is 6.61 Å². The maximum Gasteiger partial charge on any atom is 0.276 e. The van der Waals surface area contributed by atoms with E-state index in [9.17, 15) is 9.59 Å². The molecule has 1 aromatic heterocycles. The molecule has 0 saturated carbocycles. The fourth-order valence-electron chi connectivity index (χ4n) is 3.38. The normalized spacial score (nSPS) is 10.6. The third kappa shape index (κ3) is 5.10. The molecular weight excluding hydrogens is 366 g/mol. The third-order valence-corrected chi connectivity index (χ3v) is 4.73. The van der Waals surface area contributed by atoms with Crippen LogP contribution in [0.25, 0.3) is 10.9 Å². The van der Waals surface area contributed by atoms with Crippen LogP contribution in [0.5, 0.6) is 5.75 Å². The summed E-state index contributed by atoms with van der Waals surface area (Å²) in [7, 11) is 0. The average Bonchev–Trinajstić information content (AvgIpc) is 2.67. The van der Waals surface area contributed by atoms with E-state index in [1.807, 2.05) is 70.2 Å². The maximum absolute atomic E-state index is 12.3. The van der Waals surface area contributed by atoms with Gasteiger partial charge in [0.25, 0.3) is 5.91 Å². The largest absolute Gasteiger partial charge is 0.484 e. The number of carbonyl (C=O) groups excluding carboxylic acids is 2. The van der Waals surface area contributed by atoms with Gasteiger partial charge in [-0.15, -0.1) is 0 Å². The van der Waals surface area contributed by atoms with Crippen LogP contribution in [-0.2, 0) is 16.0 Å². The lowest BCUT2D eigenvalue weighted by molar-refractivity contribution is -0.129. The molecule has 0 aliphatic rings. The molecular formula is C23H25N3O3. The Morgan fingerprint density at radius 1 is 0.931 bits per heavy atom. The van der Waals surface area contributed by atoms with Crippen LogP contribution < -0.4 is 15.6 Å². The summed E-state index contributed by atoms with van der Waals surface area (Å²) in [6.07, 6.45) is 0.133. The first-order valence-electron chi connectivity index (χ1n) is 9.47. The van der Waals surface area contributed by atoms with Crippen molar-refractivity contribution < 1.29 is 14.3 Å². The van der Waals surface area contributed by atoms with Gasteiger partial charge < -0.3 is 4.74 Å². The van der Waals surface area contributed by atoms with Crippen LogP contribution in [-0.4, -0.2) is 23.4 Å². The van der Waals surface area contributed by atoms with E-state index in [0.717, 1.165) is 38.9 Å². The fourth-order valence-corrected chi connectivity index (χ4v) is 3.38. The second-order valence-corrected chi connectivity index (χ2v) is 7.20. The molecule has 0 saturated heterocycles. The maximum atomic E-state index is 12.3. The fraction of sp³-hybridized carbons (Fsp3) is 0.261. The van der Waals surface area contributed by atoms with Crippen LogP contribution in [0.2, 0.25) is 0 Å². The highest BCUT2D eigenvalue weighted by atomic mass is 16.5. The van der Waals surface area contributed by atoms with E-state index < -0.39 is 5.91 Å². The van der Waals surface area contributed by atoms with Crippen LogP contribution in [0.15, 0.2) is 42.5 Å². The second kappa shape index (κ2) is 8.73. The Labute approximate surface area is 170 Å². The number of hydrazine groups is 1. The Hall–Kier alpha value is -3.41. The van der Waals surface area contributed by atoms with Gasteiger partial charge in [0, 0.05) is 11.1 Å². The van der Waals surface area contributed by atoms with Gasteiger partial charge in [0.2, 0.25) is 5.91 Å². The number of nitrogens with zero attached hydrogens (tertiary/aromatic N) is 1. The van der Waals surface area contributed by atoms with Crippen LogP contribution in [0.3, 0.4) is 0 Å². The summed E-state index contributed by atoms with van der Waals surface area (Å²) in [5.41, 5.74) is 10.6. The SMILES string of the molecule is Cc1cc(C)cc(OCC(=O)NNC(=O)Cc2c(C)nc3ccccc3c2C)c1. The molecule has 150 valence electrons. The Balaban J connectivity index is 1.56. The van der Waals surface area contributed by atoms with Gasteiger partial charge in [-0.2, -0.15) is 0 Å². The number of aryl methyl sites for hydroxylation is 4. The van der Waals surface area contributed by atoms with Crippen molar-refractivity contribution in [3.05, 3.63) is 70.4 Å². The molecule has 0 fully saturated rings. The number of ether oxygens (including phenoxy) is 1. The summed E-state index contributed by atoms with van der Waals surface area (Å²) in [4.78, 5) is 28.9. The minimum absolute atomic E-state index is 0.133. The first-order valence-corrected chi connectivity index (χ1v) is 9.47. The van der Waals surface area contributed by atoms with Gasteiger partial charge in [-0.05, 0) is 68.1 Å². The van der Waals surface area contributed by atoms with Gasteiger partial charge in [0.05, 0.1) is 11.9 Å². The molecule has 0 radical (unpaired) electrons. The molecule has 2 aromatic carbocycles. The molecule has 1 heterocycles. The second-order valence-electron chi connectivity index (χ2n) is 7.20. The van der Waals surface area contributed by atoms with E-state index in [1.165, 1.54) is 0 Å². The van der Waals surface area contributed by atoms with Gasteiger partial charge >= 0.3 is 0 Å². The van der Waals surface area contributed by atoms with Crippen molar-refractivity contribution >= 4 is 22.7 Å². The van der Waals surface area contributed by atoms with Gasteiger partial charge in [0.1, 0.15) is 5.75 Å². The quantitative estimate of drug-likeness (QED) is 0.655. The van der Waals surface area contributed by atoms with Gasteiger partial charge in [0.15, 0.2) is 6.61 Å². The monoisotopic (exact) mass is 391 g/mol. The Bertz CT molecular complexity index is 1060. The lowest BCUT2D eigenvalue weighted by Gasteiger charge is -2.13. The predicted octanol–water partition coefficient (Wildman–Crippen LogP) is 3.24. The number of aromatic nitrogens is 1. The molecule has 6 nitrogen and oxygen atoms in total. The number of para-hydroxylation sites is 1. The summed E-state index contributed by atoms with van der Waals surface area (Å²) >= 11 is 0. The van der Waals surface area contributed by atoms with E-state index in [4.69, 9.17) is 4.74 Å². The molecule has 29 heavy (non-hydrogen) atoms. The van der Waals surface area contributed by atoms with E-state index in [2.05, 4.69) is 15.8 Å². The van der Waals surface area contributed by atoms with Crippen molar-refractivity contribution in [3.8, 4) is 5.75 Å². The van der Waals surface area contributed by atoms with Gasteiger partial charge in [-0.3, -0.25) is 25.4 Å². The first kappa shape index (κ1) is 20.3. The van der Waals surface area contributed by atoms with E-state index in [1.54, 1.807) is 0 Å². The van der Waals surface area contributed by atoms with E-state index in [0.29, 0.717) is 5.75 Å². The molecule has 3 aromatic rings. The molecule has 0 aliphatic heterocycles. The average molecular weight is 391 g/mol. The van der Waals surface area contributed by atoms with Gasteiger partial charge in [-0.25, -0.2) is 0 Å². The molecule has 0 spiro atoms. The number of nitrogens with one attached hydrogen (secondary N) is 2. The third-order valence-electron chi connectivity index (χ3n) is 4.73. The van der Waals surface area contributed by atoms with Crippen molar-refractivity contribution in [2.24, 2.45) is 0 Å². The summed E-state index contributed by atoms with van der Waals surface area (Å²) in [6.45, 7) is 7.62. The molecule has 2 N–H and O–H groups in total. The molecule has 3 rings (SSSR count). The first-order chi connectivity index (χ1) is 13.8. The van der Waals surface area contributed by atoms with Crippen molar-refractivity contribution in [2.45, 2.75) is 34.1 Å². The zero-order valence-electron chi connectivity index (χ0n) is 17.1.